The minimum Gasteiger partial charge on any atom is -0.484 e. The fraction of sp³-hybridized carbons (Fsp3) is 0.393. The molecular weight excluding hydrogens is 557 g/mol. The number of amides is 1. The quantitative estimate of drug-likeness (QED) is 0.229. The first-order valence-electron chi connectivity index (χ1n) is 14.1. The van der Waals surface area contributed by atoms with Gasteiger partial charge in [0.25, 0.3) is 5.91 Å². The van der Waals surface area contributed by atoms with Crippen LogP contribution in [0, 0.1) is 5.82 Å². The molecule has 14 nitrogen and oxygen atoms in total. The predicted molar refractivity (Wildman–Crippen MR) is 158 cm³/mol. The Morgan fingerprint density at radius 3 is 2.74 bits per heavy atom. The van der Waals surface area contributed by atoms with Crippen LogP contribution in [0.4, 0.5) is 16.0 Å². The van der Waals surface area contributed by atoms with E-state index in [0.29, 0.717) is 67.0 Å². The molecule has 15 heteroatoms. The van der Waals surface area contributed by atoms with Gasteiger partial charge in [0.2, 0.25) is 11.8 Å². The smallest absolute Gasteiger partial charge is 0.260 e. The number of piperazine rings is 1. The van der Waals surface area contributed by atoms with Crippen molar-refractivity contribution in [2.45, 2.75) is 6.54 Å². The number of fused-ring (bicyclic) bond motifs is 3. The number of aromatic nitrogens is 6. The molecule has 0 bridgehead atoms. The van der Waals surface area contributed by atoms with Gasteiger partial charge in [-0.05, 0) is 31.3 Å². The minimum absolute atomic E-state index is 0.138. The number of rotatable bonds is 11. The minimum atomic E-state index is -0.372. The molecule has 0 unspecified atom stereocenters. The van der Waals surface area contributed by atoms with Gasteiger partial charge in [-0.3, -0.25) is 9.69 Å². The fourth-order valence-electron chi connectivity index (χ4n) is 5.07. The number of ether oxygens (including phenoxy) is 1. The Bertz CT molecular complexity index is 1710. The monoisotopic (exact) mass is 591 g/mol. The van der Waals surface area contributed by atoms with Crippen molar-refractivity contribution in [1.82, 2.24) is 44.5 Å². The highest BCUT2D eigenvalue weighted by molar-refractivity contribution is 5.90. The zero-order valence-corrected chi connectivity index (χ0v) is 24.1. The Labute approximate surface area is 246 Å². The molecule has 1 aromatic carbocycles. The standard InChI is InChI=1S/C28H34FN11O3/c1-31-7-8-36(2)24(41)18-43-19-5-6-22(21(29)16-19)38-12-9-37(10-13-38)11-14-39-26-20(17-32-39)27-33-25(23-4-3-15-42-23)35-40(27)28(30)34-26/h3-6,15-17,31H,7-14,18H2,1-2H3,(H2,30,34). The number of anilines is 2. The van der Waals surface area contributed by atoms with Crippen molar-refractivity contribution in [3.05, 3.63) is 48.6 Å². The maximum atomic E-state index is 15.0. The van der Waals surface area contributed by atoms with Crippen molar-refractivity contribution < 1.29 is 18.3 Å². The van der Waals surface area contributed by atoms with Gasteiger partial charge in [-0.1, -0.05) is 0 Å². The lowest BCUT2D eigenvalue weighted by atomic mass is 10.2. The number of hydrogen-bond donors (Lipinski definition) is 2. The summed E-state index contributed by atoms with van der Waals surface area (Å²) < 4.78 is 29.3. The molecule has 0 spiro atoms. The number of nitrogens with zero attached hydrogens (tertiary/aromatic N) is 9. The molecule has 6 rings (SSSR count). The van der Waals surface area contributed by atoms with E-state index in [9.17, 15) is 4.79 Å². The van der Waals surface area contributed by atoms with Gasteiger partial charge < -0.3 is 30.0 Å². The van der Waals surface area contributed by atoms with Crippen LogP contribution < -0.4 is 20.7 Å². The number of nitrogens with two attached hydrogens (primary N) is 1. The van der Waals surface area contributed by atoms with E-state index in [-0.39, 0.29) is 24.3 Å². The van der Waals surface area contributed by atoms with Crippen LogP contribution in [0.1, 0.15) is 0 Å². The largest absolute Gasteiger partial charge is 0.484 e. The molecule has 0 aliphatic carbocycles. The Kier molecular flexibility index (Phi) is 8.07. The molecule has 226 valence electrons. The zero-order valence-electron chi connectivity index (χ0n) is 24.1. The van der Waals surface area contributed by atoms with Gasteiger partial charge in [-0.25, -0.2) is 14.1 Å². The highest BCUT2D eigenvalue weighted by atomic mass is 19.1. The van der Waals surface area contributed by atoms with Crippen LogP contribution in [0.5, 0.6) is 5.75 Å². The van der Waals surface area contributed by atoms with E-state index in [1.54, 1.807) is 48.7 Å². The summed E-state index contributed by atoms with van der Waals surface area (Å²) in [6.45, 7) is 5.35. The predicted octanol–water partition coefficient (Wildman–Crippen LogP) is 1.33. The third-order valence-electron chi connectivity index (χ3n) is 7.58. The molecule has 3 N–H and O–H groups in total. The van der Waals surface area contributed by atoms with Crippen LogP contribution >= 0.6 is 0 Å². The summed E-state index contributed by atoms with van der Waals surface area (Å²) in [5.41, 5.74) is 7.93. The van der Waals surface area contributed by atoms with Crippen molar-refractivity contribution in [2.24, 2.45) is 0 Å². The molecular formula is C28H34FN11O3. The highest BCUT2D eigenvalue weighted by Crippen LogP contribution is 2.26. The lowest BCUT2D eigenvalue weighted by molar-refractivity contribution is -0.132. The fourth-order valence-corrected chi connectivity index (χ4v) is 5.07. The molecule has 1 aliphatic heterocycles. The van der Waals surface area contributed by atoms with Crippen molar-refractivity contribution >= 4 is 34.2 Å². The first-order valence-corrected chi connectivity index (χ1v) is 14.1. The third-order valence-corrected chi connectivity index (χ3v) is 7.58. The number of likely N-dealkylation sites (N-methyl/N-ethyl adjacent to an activating group) is 2. The topological polar surface area (TPSA) is 148 Å². The second-order valence-electron chi connectivity index (χ2n) is 10.4. The van der Waals surface area contributed by atoms with Crippen molar-refractivity contribution in [3.63, 3.8) is 0 Å². The van der Waals surface area contributed by atoms with Gasteiger partial charge in [0.15, 0.2) is 23.7 Å². The van der Waals surface area contributed by atoms with Crippen LogP contribution in [0.25, 0.3) is 28.3 Å². The third kappa shape index (κ3) is 5.94. The normalized spacial score (nSPS) is 14.2. The average molecular weight is 592 g/mol. The molecule has 0 atom stereocenters. The van der Waals surface area contributed by atoms with Crippen molar-refractivity contribution in [1.29, 1.82) is 0 Å². The summed E-state index contributed by atoms with van der Waals surface area (Å²) in [7, 11) is 3.54. The summed E-state index contributed by atoms with van der Waals surface area (Å²) in [6.07, 6.45) is 3.29. The second-order valence-corrected chi connectivity index (χ2v) is 10.4. The van der Waals surface area contributed by atoms with Crippen molar-refractivity contribution in [2.75, 3.05) is 77.1 Å². The molecule has 43 heavy (non-hydrogen) atoms. The molecule has 0 saturated carbocycles. The Hall–Kier alpha value is -4.76. The lowest BCUT2D eigenvalue weighted by Gasteiger charge is -2.36. The van der Waals surface area contributed by atoms with Gasteiger partial charge >= 0.3 is 0 Å². The first-order chi connectivity index (χ1) is 20.9. The van der Waals surface area contributed by atoms with E-state index >= 15 is 4.39 Å². The van der Waals surface area contributed by atoms with E-state index in [2.05, 4.69) is 30.4 Å². The molecule has 1 amide bonds. The average Bonchev–Trinajstić information content (AvgIpc) is 3.78. The zero-order chi connectivity index (χ0) is 29.9. The first kappa shape index (κ1) is 28.4. The van der Waals surface area contributed by atoms with E-state index in [0.717, 1.165) is 25.0 Å². The number of hydrogen-bond acceptors (Lipinski definition) is 11. The molecule has 4 aromatic heterocycles. The van der Waals surface area contributed by atoms with Crippen LogP contribution in [-0.4, -0.2) is 112 Å². The molecule has 5 aromatic rings. The SMILES string of the molecule is CNCCN(C)C(=O)COc1ccc(N2CCN(CCn3ncc4c3nc(N)n3nc(-c5ccco5)nc43)CC2)c(F)c1. The van der Waals surface area contributed by atoms with Gasteiger partial charge in [-0.15, -0.1) is 5.10 Å². The summed E-state index contributed by atoms with van der Waals surface area (Å²) in [5.74, 6) is 0.978. The molecule has 0 radical (unpaired) electrons. The van der Waals surface area contributed by atoms with Crippen molar-refractivity contribution in [3.8, 4) is 17.3 Å². The van der Waals surface area contributed by atoms with E-state index < -0.39 is 0 Å². The van der Waals surface area contributed by atoms with Crippen LogP contribution in [0.3, 0.4) is 0 Å². The number of benzene rings is 1. The van der Waals surface area contributed by atoms with E-state index in [1.165, 1.54) is 10.6 Å². The van der Waals surface area contributed by atoms with Gasteiger partial charge in [-0.2, -0.15) is 14.6 Å². The number of carbonyl (C=O) groups excluding carboxylic acids is 1. The van der Waals surface area contributed by atoms with E-state index in [4.69, 9.17) is 14.9 Å². The summed E-state index contributed by atoms with van der Waals surface area (Å²) >= 11 is 0. The summed E-state index contributed by atoms with van der Waals surface area (Å²) in [4.78, 5) is 27.3. The van der Waals surface area contributed by atoms with Gasteiger partial charge in [0.1, 0.15) is 11.6 Å². The van der Waals surface area contributed by atoms with Crippen LogP contribution in [0.15, 0.2) is 47.2 Å². The summed E-state index contributed by atoms with van der Waals surface area (Å²) in [5, 5.41) is 12.7. The number of furan rings is 1. The second kappa shape index (κ2) is 12.2. The Balaban J connectivity index is 1.04. The Morgan fingerprint density at radius 1 is 1.16 bits per heavy atom. The molecule has 5 heterocycles. The lowest BCUT2D eigenvalue weighted by Crippen LogP contribution is -2.47. The molecule has 1 fully saturated rings. The number of halogens is 1. The molecule has 1 saturated heterocycles. The Morgan fingerprint density at radius 2 is 2.00 bits per heavy atom. The number of carbonyl (C=O) groups is 1. The molecule has 1 aliphatic rings. The maximum Gasteiger partial charge on any atom is 0.260 e. The number of nitrogens with one attached hydrogen (secondary N) is 1. The number of nitrogen functional groups attached to an aromatic ring is 1. The summed E-state index contributed by atoms with van der Waals surface area (Å²) in [6, 6.07) is 8.32. The maximum absolute atomic E-state index is 15.0. The highest BCUT2D eigenvalue weighted by Gasteiger charge is 2.22. The van der Waals surface area contributed by atoms with Crippen LogP contribution in [-0.2, 0) is 11.3 Å². The van der Waals surface area contributed by atoms with Gasteiger partial charge in [0, 0.05) is 58.9 Å². The van der Waals surface area contributed by atoms with Crippen LogP contribution in [0.2, 0.25) is 0 Å². The van der Waals surface area contributed by atoms with Gasteiger partial charge in [0.05, 0.1) is 30.1 Å². The van der Waals surface area contributed by atoms with E-state index in [1.807, 2.05) is 16.6 Å².